The van der Waals surface area contributed by atoms with Gasteiger partial charge < -0.3 is 37.9 Å². The third-order valence-electron chi connectivity index (χ3n) is 14.0. The molecule has 78 heavy (non-hydrogen) atoms. The van der Waals surface area contributed by atoms with Gasteiger partial charge in [0.05, 0.1) is 67.9 Å². The summed E-state index contributed by atoms with van der Waals surface area (Å²) in [5.74, 6) is 2.82. The number of benzene rings is 4. The number of carbonyl (C=O) groups is 4. The highest BCUT2D eigenvalue weighted by Crippen LogP contribution is 2.35. The summed E-state index contributed by atoms with van der Waals surface area (Å²) in [5.41, 5.74) is 1.71. The summed E-state index contributed by atoms with van der Waals surface area (Å²) in [6.45, 7) is 12.4. The second-order valence-corrected chi connectivity index (χ2v) is 20.7. The number of rotatable bonds is 32. The van der Waals surface area contributed by atoms with E-state index in [-0.39, 0.29) is 35.6 Å². The van der Waals surface area contributed by atoms with Crippen molar-refractivity contribution in [3.63, 3.8) is 0 Å². The molecule has 2 fully saturated rings. The van der Waals surface area contributed by atoms with E-state index < -0.39 is 11.9 Å². The number of ether oxygens (including phenoxy) is 8. The summed E-state index contributed by atoms with van der Waals surface area (Å²) in [4.78, 5) is 53.6. The van der Waals surface area contributed by atoms with Gasteiger partial charge in [0, 0.05) is 24.3 Å². The van der Waals surface area contributed by atoms with Gasteiger partial charge in [-0.05, 0) is 200 Å². The maximum absolute atomic E-state index is 13.2. The largest absolute Gasteiger partial charge is 0.494 e. The fraction of sp³-hybridized carbons (Fsp3) is 0.452. The summed E-state index contributed by atoms with van der Waals surface area (Å²) in [6, 6.07) is 28.3. The molecular formula is C62H75N3O12S. The van der Waals surface area contributed by atoms with Gasteiger partial charge in [0.2, 0.25) is 5.13 Å². The minimum Gasteiger partial charge on any atom is -0.494 e. The molecule has 2 aliphatic carbocycles. The number of hydrogen-bond donors (Lipinski definition) is 0. The van der Waals surface area contributed by atoms with Gasteiger partial charge in [-0.3, -0.25) is 9.59 Å². The second kappa shape index (κ2) is 31.9. The van der Waals surface area contributed by atoms with E-state index in [2.05, 4.69) is 19.2 Å². The highest BCUT2D eigenvalue weighted by Gasteiger charge is 2.30. The first-order valence-corrected chi connectivity index (χ1v) is 28.5. The summed E-state index contributed by atoms with van der Waals surface area (Å²) in [5, 5.41) is 7.59. The lowest BCUT2D eigenvalue weighted by atomic mass is 9.82. The molecule has 0 atom stereocenters. The van der Waals surface area contributed by atoms with Gasteiger partial charge in [-0.2, -0.15) is 5.10 Å². The summed E-state index contributed by atoms with van der Waals surface area (Å²) in [6.07, 6.45) is 17.6. The number of fused-ring (bicyclic) bond motifs is 1. The molecule has 2 aliphatic rings. The van der Waals surface area contributed by atoms with Crippen LogP contribution >= 0.6 is 11.3 Å². The Bertz CT molecular complexity index is 2680. The van der Waals surface area contributed by atoms with Gasteiger partial charge in [-0.1, -0.05) is 36.6 Å². The van der Waals surface area contributed by atoms with Gasteiger partial charge in [-0.15, -0.1) is 0 Å². The van der Waals surface area contributed by atoms with Crippen molar-refractivity contribution in [3.05, 3.63) is 122 Å². The highest BCUT2D eigenvalue weighted by molar-refractivity contribution is 7.22. The topological polar surface area (TPSA) is 171 Å². The molecule has 7 rings (SSSR count). The van der Waals surface area contributed by atoms with Crippen LogP contribution in [-0.4, -0.2) is 81.3 Å². The van der Waals surface area contributed by atoms with E-state index in [0.717, 1.165) is 129 Å². The van der Waals surface area contributed by atoms with Crippen LogP contribution in [0.5, 0.6) is 34.5 Å². The van der Waals surface area contributed by atoms with Crippen molar-refractivity contribution in [3.8, 4) is 34.5 Å². The van der Waals surface area contributed by atoms with Crippen LogP contribution in [0.4, 0.5) is 5.13 Å². The molecule has 15 nitrogen and oxygen atoms in total. The number of anilines is 1. The molecule has 0 N–H and O–H groups in total. The number of unbranched alkanes of at least 4 members (excludes halogenated alkanes) is 6. The van der Waals surface area contributed by atoms with E-state index in [0.29, 0.717) is 74.9 Å². The van der Waals surface area contributed by atoms with Crippen LogP contribution in [0.15, 0.2) is 121 Å². The molecule has 5 aromatic rings. The normalized spacial score (nSPS) is 17.1. The van der Waals surface area contributed by atoms with Gasteiger partial charge in [0.25, 0.3) is 0 Å². The van der Waals surface area contributed by atoms with Crippen molar-refractivity contribution in [2.45, 2.75) is 110 Å². The molecule has 16 heteroatoms. The molecule has 0 aliphatic heterocycles. The minimum absolute atomic E-state index is 0.176. The summed E-state index contributed by atoms with van der Waals surface area (Å²) < 4.78 is 47.4. The third-order valence-corrected chi connectivity index (χ3v) is 15.0. The predicted molar refractivity (Wildman–Crippen MR) is 303 cm³/mol. The molecule has 0 amide bonds. The second-order valence-electron chi connectivity index (χ2n) is 19.7. The van der Waals surface area contributed by atoms with Crippen LogP contribution in [0.3, 0.4) is 0 Å². The van der Waals surface area contributed by atoms with Gasteiger partial charge in [-0.25, -0.2) is 19.6 Å². The average molecular weight is 1090 g/mol. The van der Waals surface area contributed by atoms with Crippen LogP contribution in [0, 0.1) is 23.7 Å². The molecule has 2 saturated carbocycles. The summed E-state index contributed by atoms with van der Waals surface area (Å²) in [7, 11) is 0. The zero-order valence-corrected chi connectivity index (χ0v) is 45.8. The molecule has 0 unspecified atom stereocenters. The maximum atomic E-state index is 13.2. The number of para-hydroxylation sites is 1. The number of esters is 4. The number of thiazole rings is 1. The Kier molecular flexibility index (Phi) is 23.9. The molecule has 1 aromatic heterocycles. The van der Waals surface area contributed by atoms with E-state index in [1.807, 2.05) is 78.8 Å². The fourth-order valence-electron chi connectivity index (χ4n) is 9.33. The molecule has 1 heterocycles. The Balaban J connectivity index is 0.845. The first-order chi connectivity index (χ1) is 38.2. The maximum Gasteiger partial charge on any atom is 0.330 e. The molecule has 0 radical (unpaired) electrons. The molecule has 0 spiro atoms. The monoisotopic (exact) mass is 1090 g/mol. The number of hydrazone groups is 1. The molecule has 416 valence electrons. The van der Waals surface area contributed by atoms with Gasteiger partial charge >= 0.3 is 23.9 Å². The SMILES string of the molecule is C=CC(=O)OCCCCCCOc1ccc(OC(=O)C2CCC(COc3ccc(OCC4CCC(C(=O)Oc5ccc(OCCCCCCOC(=O)C=C)cc5)CC4)c(/C=N/N(CC)c4nc5ccccc5s4)c3)CC2)cc1. The minimum atomic E-state index is -0.394. The number of hydrogen-bond acceptors (Lipinski definition) is 16. The molecule has 0 saturated heterocycles. The van der Waals surface area contributed by atoms with E-state index in [1.54, 1.807) is 35.6 Å². The zero-order valence-electron chi connectivity index (χ0n) is 45.0. The number of aromatic nitrogens is 1. The Morgan fingerprint density at radius 3 is 1.55 bits per heavy atom. The smallest absolute Gasteiger partial charge is 0.330 e. The molecule has 4 aromatic carbocycles. The Hall–Kier alpha value is -7.20. The van der Waals surface area contributed by atoms with E-state index in [9.17, 15) is 19.2 Å². The Labute approximate surface area is 462 Å². The fourth-order valence-corrected chi connectivity index (χ4v) is 10.3. The van der Waals surface area contributed by atoms with Crippen LogP contribution in [-0.2, 0) is 28.7 Å². The van der Waals surface area contributed by atoms with Crippen LogP contribution in [0.25, 0.3) is 10.2 Å². The van der Waals surface area contributed by atoms with Crippen LogP contribution in [0.2, 0.25) is 0 Å². The molecule has 0 bridgehead atoms. The third kappa shape index (κ3) is 19.4. The highest BCUT2D eigenvalue weighted by atomic mass is 32.1. The standard InChI is InChI=1S/C62H75N3O12S/c1-4-58(66)72-39-15-9-7-13-37-70-50-27-31-52(32-28-50)76-60(68)47-23-19-45(20-24-47)43-74-54-35-36-56(49(41-54)42-63-65(6-3)62-64-55-17-11-12-18-57(55)78-62)75-44-46-21-25-48(26-22-46)61(69)77-53-33-29-51(30-34-53)71-38-14-8-10-16-40-73-59(67)5-2/h4-5,11-12,17-18,27-36,41-42,45-48H,1-2,6-10,13-16,19-26,37-40,43-44H2,3H3/b63-42+. The lowest BCUT2D eigenvalue weighted by molar-refractivity contribution is -0.141. The van der Waals surface area contributed by atoms with Crippen molar-refractivity contribution < 1.29 is 57.1 Å². The lowest BCUT2D eigenvalue weighted by Crippen LogP contribution is -2.28. The predicted octanol–water partition coefficient (Wildman–Crippen LogP) is 13.1. The Morgan fingerprint density at radius 1 is 0.577 bits per heavy atom. The van der Waals surface area contributed by atoms with Crippen molar-refractivity contribution in [1.82, 2.24) is 4.98 Å². The number of nitrogens with zero attached hydrogens (tertiary/aromatic N) is 3. The van der Waals surface area contributed by atoms with Crippen molar-refractivity contribution >= 4 is 56.8 Å². The van der Waals surface area contributed by atoms with E-state index in [4.69, 9.17) is 48.0 Å². The Morgan fingerprint density at radius 2 is 1.05 bits per heavy atom. The summed E-state index contributed by atoms with van der Waals surface area (Å²) >= 11 is 1.60. The van der Waals surface area contributed by atoms with Crippen molar-refractivity contribution in [2.75, 3.05) is 51.2 Å². The zero-order chi connectivity index (χ0) is 54.7. The van der Waals surface area contributed by atoms with E-state index >= 15 is 0 Å². The number of carbonyl (C=O) groups excluding carboxylic acids is 4. The molecular weight excluding hydrogens is 1010 g/mol. The van der Waals surface area contributed by atoms with E-state index in [1.165, 1.54) is 12.2 Å². The first-order valence-electron chi connectivity index (χ1n) is 27.7. The van der Waals surface area contributed by atoms with Crippen LogP contribution in [0.1, 0.15) is 115 Å². The quantitative estimate of drug-likeness (QED) is 0.00995. The average Bonchev–Trinajstić information content (AvgIpc) is 3.91. The first kappa shape index (κ1) is 58.5. The van der Waals surface area contributed by atoms with Crippen LogP contribution < -0.4 is 33.4 Å². The van der Waals surface area contributed by atoms with Gasteiger partial charge in [0.15, 0.2) is 0 Å². The van der Waals surface area contributed by atoms with Gasteiger partial charge in [0.1, 0.15) is 34.5 Å². The lowest BCUT2D eigenvalue weighted by Gasteiger charge is -2.28. The van der Waals surface area contributed by atoms with Crippen molar-refractivity contribution in [1.29, 1.82) is 0 Å². The van der Waals surface area contributed by atoms with Crippen molar-refractivity contribution in [2.24, 2.45) is 28.8 Å².